The van der Waals surface area contributed by atoms with Gasteiger partial charge in [0.15, 0.2) is 9.84 Å². The first-order valence-corrected chi connectivity index (χ1v) is 11.7. The Morgan fingerprint density at radius 2 is 2.00 bits per heavy atom. The SMILES string of the molecule is COc1ccc(S(=O)(=O)NCCN[C@]2(C)CCS(=O)(=O)C2)cc1NC(C)=O. The van der Waals surface area contributed by atoms with Gasteiger partial charge in [0.25, 0.3) is 0 Å². The molecule has 1 heterocycles. The molecule has 0 saturated carbocycles. The number of anilines is 1. The maximum absolute atomic E-state index is 12.5. The summed E-state index contributed by atoms with van der Waals surface area (Å²) in [7, 11) is -5.41. The lowest BCUT2D eigenvalue weighted by Gasteiger charge is -2.24. The molecule has 2 rings (SSSR count). The molecule has 27 heavy (non-hydrogen) atoms. The van der Waals surface area contributed by atoms with Gasteiger partial charge >= 0.3 is 0 Å². The molecule has 1 saturated heterocycles. The van der Waals surface area contributed by atoms with E-state index in [1.165, 1.54) is 32.2 Å². The first kappa shape index (κ1) is 21.6. The normalized spacial score (nSPS) is 21.7. The van der Waals surface area contributed by atoms with Crippen LogP contribution in [0.3, 0.4) is 0 Å². The predicted molar refractivity (Wildman–Crippen MR) is 102 cm³/mol. The van der Waals surface area contributed by atoms with Crippen molar-refractivity contribution in [2.45, 2.75) is 30.7 Å². The number of amides is 1. The predicted octanol–water partition coefficient (Wildman–Crippen LogP) is 0.0987. The number of sulfone groups is 1. The summed E-state index contributed by atoms with van der Waals surface area (Å²) in [6.07, 6.45) is 0.501. The average molecular weight is 420 g/mol. The first-order chi connectivity index (χ1) is 12.5. The van der Waals surface area contributed by atoms with Gasteiger partial charge in [-0.05, 0) is 31.5 Å². The van der Waals surface area contributed by atoms with Crippen LogP contribution < -0.4 is 20.1 Å². The van der Waals surface area contributed by atoms with Gasteiger partial charge in [0.05, 0.1) is 29.2 Å². The van der Waals surface area contributed by atoms with Crippen molar-refractivity contribution >= 4 is 31.5 Å². The summed E-state index contributed by atoms with van der Waals surface area (Å²) in [5.74, 6) is 0.187. The molecule has 1 aromatic carbocycles. The zero-order chi connectivity index (χ0) is 20.3. The molecule has 0 bridgehead atoms. The van der Waals surface area contributed by atoms with E-state index < -0.39 is 25.4 Å². The zero-order valence-corrected chi connectivity index (χ0v) is 17.2. The van der Waals surface area contributed by atoms with E-state index in [-0.39, 0.29) is 34.5 Å². The quantitative estimate of drug-likeness (QED) is 0.509. The minimum atomic E-state index is -3.80. The van der Waals surface area contributed by atoms with E-state index >= 15 is 0 Å². The summed E-state index contributed by atoms with van der Waals surface area (Å²) >= 11 is 0. The lowest BCUT2D eigenvalue weighted by atomic mass is 10.0. The minimum absolute atomic E-state index is 0.0123. The molecule has 11 heteroatoms. The number of carbonyl (C=O) groups excluding carboxylic acids is 1. The second-order valence-corrected chi connectivity index (χ2v) is 10.7. The highest BCUT2D eigenvalue weighted by molar-refractivity contribution is 7.91. The molecule has 0 aliphatic carbocycles. The van der Waals surface area contributed by atoms with Crippen molar-refractivity contribution in [1.82, 2.24) is 10.0 Å². The van der Waals surface area contributed by atoms with Crippen LogP contribution in [0.25, 0.3) is 0 Å². The van der Waals surface area contributed by atoms with E-state index in [1.54, 1.807) is 0 Å². The molecule has 0 spiro atoms. The largest absolute Gasteiger partial charge is 0.495 e. The summed E-state index contributed by atoms with van der Waals surface area (Å²) in [5, 5.41) is 5.64. The Morgan fingerprint density at radius 1 is 1.30 bits per heavy atom. The van der Waals surface area contributed by atoms with Gasteiger partial charge in [-0.25, -0.2) is 21.6 Å². The van der Waals surface area contributed by atoms with E-state index in [1.807, 2.05) is 6.92 Å². The summed E-state index contributed by atoms with van der Waals surface area (Å²) in [6.45, 7) is 3.52. The Hall–Kier alpha value is -1.69. The fourth-order valence-corrected chi connectivity index (χ4v) is 6.11. The van der Waals surface area contributed by atoms with Crippen LogP contribution in [0.5, 0.6) is 5.75 Å². The maximum Gasteiger partial charge on any atom is 0.240 e. The third-order valence-corrected chi connectivity index (χ3v) is 7.63. The second kappa shape index (κ2) is 8.13. The van der Waals surface area contributed by atoms with Gasteiger partial charge in [0.1, 0.15) is 5.75 Å². The minimum Gasteiger partial charge on any atom is -0.495 e. The molecule has 3 N–H and O–H groups in total. The third kappa shape index (κ3) is 5.89. The zero-order valence-electron chi connectivity index (χ0n) is 15.5. The number of hydrogen-bond acceptors (Lipinski definition) is 7. The molecule has 1 aliphatic heterocycles. The van der Waals surface area contributed by atoms with Gasteiger partial charge in [0, 0.05) is 25.6 Å². The van der Waals surface area contributed by atoms with Crippen molar-refractivity contribution in [3.8, 4) is 5.75 Å². The Bertz CT molecular complexity index is 914. The molecule has 1 aliphatic rings. The van der Waals surface area contributed by atoms with Crippen molar-refractivity contribution in [2.75, 3.05) is 37.0 Å². The molecule has 1 amide bonds. The standard InChI is InChI=1S/C16H25N3O6S2/c1-12(20)19-14-10-13(4-5-15(14)25-3)27(23,24)18-8-7-17-16(2)6-9-26(21,22)11-16/h4-5,10,17-18H,6-9,11H2,1-3H3,(H,19,20)/t16-/m1/s1. The first-order valence-electron chi connectivity index (χ1n) is 8.37. The Morgan fingerprint density at radius 3 is 2.56 bits per heavy atom. The molecule has 0 unspecified atom stereocenters. The fraction of sp³-hybridized carbons (Fsp3) is 0.562. The number of rotatable bonds is 8. The monoisotopic (exact) mass is 419 g/mol. The van der Waals surface area contributed by atoms with E-state index in [9.17, 15) is 21.6 Å². The number of ether oxygens (including phenoxy) is 1. The second-order valence-electron chi connectivity index (χ2n) is 6.77. The Labute approximate surface area is 159 Å². The van der Waals surface area contributed by atoms with Crippen molar-refractivity contribution in [3.63, 3.8) is 0 Å². The number of benzene rings is 1. The number of carbonyl (C=O) groups is 1. The summed E-state index contributed by atoms with van der Waals surface area (Å²) in [6, 6.07) is 4.16. The van der Waals surface area contributed by atoms with Gasteiger partial charge in [-0.15, -0.1) is 0 Å². The number of hydrogen-bond donors (Lipinski definition) is 3. The Kier molecular flexibility index (Phi) is 6.51. The van der Waals surface area contributed by atoms with Crippen LogP contribution in [0.1, 0.15) is 20.3 Å². The van der Waals surface area contributed by atoms with Crippen LogP contribution in [0.4, 0.5) is 5.69 Å². The lowest BCUT2D eigenvalue weighted by Crippen LogP contribution is -2.46. The van der Waals surface area contributed by atoms with E-state index in [4.69, 9.17) is 4.74 Å². The number of sulfonamides is 1. The topological polar surface area (TPSA) is 131 Å². The number of methoxy groups -OCH3 is 1. The smallest absolute Gasteiger partial charge is 0.240 e. The molecular weight excluding hydrogens is 394 g/mol. The molecule has 1 fully saturated rings. The van der Waals surface area contributed by atoms with Gasteiger partial charge < -0.3 is 15.4 Å². The summed E-state index contributed by atoms with van der Waals surface area (Å²) < 4.78 is 55.7. The van der Waals surface area contributed by atoms with E-state index in [0.29, 0.717) is 18.7 Å². The van der Waals surface area contributed by atoms with E-state index in [0.717, 1.165) is 0 Å². The molecule has 0 radical (unpaired) electrons. The molecule has 9 nitrogen and oxygen atoms in total. The lowest BCUT2D eigenvalue weighted by molar-refractivity contribution is -0.114. The van der Waals surface area contributed by atoms with Crippen LogP contribution >= 0.6 is 0 Å². The van der Waals surface area contributed by atoms with Crippen molar-refractivity contribution < 1.29 is 26.4 Å². The highest BCUT2D eigenvalue weighted by atomic mass is 32.2. The van der Waals surface area contributed by atoms with Crippen molar-refractivity contribution in [1.29, 1.82) is 0 Å². The number of nitrogens with one attached hydrogen (secondary N) is 3. The van der Waals surface area contributed by atoms with Crippen molar-refractivity contribution in [2.24, 2.45) is 0 Å². The highest BCUT2D eigenvalue weighted by Crippen LogP contribution is 2.27. The van der Waals surface area contributed by atoms with Crippen molar-refractivity contribution in [3.05, 3.63) is 18.2 Å². The third-order valence-electron chi connectivity index (χ3n) is 4.26. The highest BCUT2D eigenvalue weighted by Gasteiger charge is 2.37. The van der Waals surface area contributed by atoms with Crippen LogP contribution in [0.15, 0.2) is 23.1 Å². The van der Waals surface area contributed by atoms with Gasteiger partial charge in [-0.2, -0.15) is 0 Å². The summed E-state index contributed by atoms with van der Waals surface area (Å²) in [5.41, 5.74) is -0.280. The molecule has 152 valence electrons. The van der Waals surface area contributed by atoms with Gasteiger partial charge in [0.2, 0.25) is 15.9 Å². The molecular formula is C16H25N3O6S2. The fourth-order valence-electron chi connectivity index (χ4n) is 2.92. The van der Waals surface area contributed by atoms with Crippen LogP contribution in [-0.4, -0.2) is 60.0 Å². The van der Waals surface area contributed by atoms with E-state index in [2.05, 4.69) is 15.4 Å². The van der Waals surface area contributed by atoms with Crippen LogP contribution in [0, 0.1) is 0 Å². The van der Waals surface area contributed by atoms with Gasteiger partial charge in [-0.3, -0.25) is 4.79 Å². The average Bonchev–Trinajstić information content (AvgIpc) is 2.85. The molecule has 0 aromatic heterocycles. The Balaban J connectivity index is 1.99. The molecule has 1 aromatic rings. The van der Waals surface area contributed by atoms with Gasteiger partial charge in [-0.1, -0.05) is 0 Å². The van der Waals surface area contributed by atoms with Crippen LogP contribution in [-0.2, 0) is 24.7 Å². The maximum atomic E-state index is 12.5. The molecule has 1 atom stereocenters. The van der Waals surface area contributed by atoms with Crippen LogP contribution in [0.2, 0.25) is 0 Å². The summed E-state index contributed by atoms with van der Waals surface area (Å²) in [4.78, 5) is 11.3.